The van der Waals surface area contributed by atoms with E-state index < -0.39 is 23.8 Å². The SMILES string of the molecule is CC(C)CC(C(=O)O)C(=S)NCNC(=O)[C@@H](CC(=O)OCC1c2ccccc2-c2ccccc21)Cc1ccccc1. The molecule has 0 aliphatic heterocycles. The van der Waals surface area contributed by atoms with Crippen LogP contribution in [0.4, 0.5) is 0 Å². The van der Waals surface area contributed by atoms with Gasteiger partial charge in [0.25, 0.3) is 0 Å². The van der Waals surface area contributed by atoms with Gasteiger partial charge < -0.3 is 20.5 Å². The predicted octanol–water partition coefficient (Wildman–Crippen LogP) is 5.33. The third-order valence-electron chi connectivity index (χ3n) is 7.33. The van der Waals surface area contributed by atoms with Gasteiger partial charge in [0.2, 0.25) is 5.91 Å². The van der Waals surface area contributed by atoms with E-state index in [-0.39, 0.29) is 42.4 Å². The number of fused-ring (bicyclic) bond motifs is 3. The van der Waals surface area contributed by atoms with Crippen molar-refractivity contribution >= 4 is 35.1 Å². The minimum Gasteiger partial charge on any atom is -0.481 e. The Balaban J connectivity index is 1.38. The van der Waals surface area contributed by atoms with Crippen LogP contribution in [0.3, 0.4) is 0 Å². The van der Waals surface area contributed by atoms with Crippen molar-refractivity contribution in [1.29, 1.82) is 0 Å². The van der Waals surface area contributed by atoms with Crippen molar-refractivity contribution in [3.63, 3.8) is 0 Å². The number of hydrogen-bond acceptors (Lipinski definition) is 5. The average Bonchev–Trinajstić information content (AvgIpc) is 3.28. The largest absolute Gasteiger partial charge is 0.481 e. The highest BCUT2D eigenvalue weighted by atomic mass is 32.1. The Labute approximate surface area is 246 Å². The van der Waals surface area contributed by atoms with Gasteiger partial charge in [0.1, 0.15) is 12.5 Å². The molecule has 1 aliphatic rings. The maximum atomic E-state index is 13.2. The lowest BCUT2D eigenvalue weighted by Crippen LogP contribution is -2.44. The summed E-state index contributed by atoms with van der Waals surface area (Å²) < 4.78 is 5.77. The van der Waals surface area contributed by atoms with Gasteiger partial charge in [0.15, 0.2) is 0 Å². The van der Waals surface area contributed by atoms with Gasteiger partial charge in [-0.1, -0.05) is 105 Å². The van der Waals surface area contributed by atoms with Crippen LogP contribution >= 0.6 is 12.2 Å². The number of esters is 1. The molecule has 1 unspecified atom stereocenters. The zero-order valence-electron chi connectivity index (χ0n) is 23.3. The topological polar surface area (TPSA) is 105 Å². The Hall–Kier alpha value is -4.04. The summed E-state index contributed by atoms with van der Waals surface area (Å²) in [6, 6.07) is 25.8. The number of ether oxygens (including phenoxy) is 1. The van der Waals surface area contributed by atoms with Crippen molar-refractivity contribution in [2.24, 2.45) is 17.8 Å². The highest BCUT2D eigenvalue weighted by Crippen LogP contribution is 2.44. The number of benzene rings is 3. The molecule has 7 nitrogen and oxygen atoms in total. The molecule has 214 valence electrons. The summed E-state index contributed by atoms with van der Waals surface area (Å²) in [7, 11) is 0. The molecule has 0 fully saturated rings. The molecule has 0 saturated heterocycles. The number of aliphatic carboxylic acids is 1. The molecule has 8 heteroatoms. The molecule has 0 spiro atoms. The second-order valence-corrected chi connectivity index (χ2v) is 11.2. The summed E-state index contributed by atoms with van der Waals surface area (Å²) in [6.07, 6.45) is 0.659. The number of nitrogens with one attached hydrogen (secondary N) is 2. The second-order valence-electron chi connectivity index (χ2n) is 10.8. The molecule has 41 heavy (non-hydrogen) atoms. The molecule has 0 saturated carbocycles. The molecule has 1 aliphatic carbocycles. The molecular weight excluding hydrogens is 536 g/mol. The Morgan fingerprint density at radius 3 is 2.05 bits per heavy atom. The fourth-order valence-electron chi connectivity index (χ4n) is 5.31. The summed E-state index contributed by atoms with van der Waals surface area (Å²) in [5.74, 6) is -3.21. The lowest BCUT2D eigenvalue weighted by molar-refractivity contribution is -0.147. The van der Waals surface area contributed by atoms with E-state index in [1.54, 1.807) is 0 Å². The van der Waals surface area contributed by atoms with Gasteiger partial charge in [0.05, 0.1) is 24.0 Å². The quantitative estimate of drug-likeness (QED) is 0.145. The van der Waals surface area contributed by atoms with Gasteiger partial charge in [-0.2, -0.15) is 0 Å². The standard InChI is InChI=1S/C33H36N2O5S/c1-21(2)16-28(33(38)39)32(41)35-20-34-31(37)23(17-22-10-4-3-5-11-22)18-30(36)40-19-29-26-14-8-6-12-24(26)25-13-7-9-15-27(25)29/h3-15,21,23,28-29H,16-20H2,1-2H3,(H,34,37)(H,35,41)(H,38,39)/t23-,28?/m1/s1. The first-order chi connectivity index (χ1) is 19.7. The summed E-state index contributed by atoms with van der Waals surface area (Å²) in [5.41, 5.74) is 5.47. The number of carbonyl (C=O) groups excluding carboxylic acids is 2. The highest BCUT2D eigenvalue weighted by Gasteiger charge is 2.30. The van der Waals surface area contributed by atoms with E-state index in [0.29, 0.717) is 12.8 Å². The number of hydrogen-bond donors (Lipinski definition) is 3. The first-order valence-corrected chi connectivity index (χ1v) is 14.3. The lowest BCUT2D eigenvalue weighted by Gasteiger charge is -2.20. The van der Waals surface area contributed by atoms with Crippen LogP contribution in [0.15, 0.2) is 78.9 Å². The number of carboxylic acids is 1. The van der Waals surface area contributed by atoms with Gasteiger partial charge in [-0.15, -0.1) is 0 Å². The van der Waals surface area contributed by atoms with Crippen LogP contribution < -0.4 is 10.6 Å². The first-order valence-electron chi connectivity index (χ1n) is 13.9. The van der Waals surface area contributed by atoms with Crippen molar-refractivity contribution in [2.45, 2.75) is 39.0 Å². The van der Waals surface area contributed by atoms with Crippen molar-refractivity contribution in [3.05, 3.63) is 95.6 Å². The molecule has 0 aromatic heterocycles. The fourth-order valence-corrected chi connectivity index (χ4v) is 5.58. The van der Waals surface area contributed by atoms with Gasteiger partial charge in [-0.3, -0.25) is 14.4 Å². The Morgan fingerprint density at radius 2 is 1.46 bits per heavy atom. The summed E-state index contributed by atoms with van der Waals surface area (Å²) in [5, 5.41) is 15.2. The number of rotatable bonds is 13. The Morgan fingerprint density at radius 1 is 0.878 bits per heavy atom. The molecule has 3 N–H and O–H groups in total. The van der Waals surface area contributed by atoms with Crippen LogP contribution in [0.1, 0.15) is 49.3 Å². The van der Waals surface area contributed by atoms with Crippen LogP contribution in [-0.4, -0.2) is 41.2 Å². The minimum atomic E-state index is -1.00. The lowest BCUT2D eigenvalue weighted by atomic mass is 9.95. The van der Waals surface area contributed by atoms with Gasteiger partial charge in [-0.05, 0) is 46.6 Å². The molecule has 0 heterocycles. The molecular formula is C33H36N2O5S. The van der Waals surface area contributed by atoms with Crippen molar-refractivity contribution in [1.82, 2.24) is 10.6 Å². The van der Waals surface area contributed by atoms with Gasteiger partial charge in [-0.25, -0.2) is 0 Å². The van der Waals surface area contributed by atoms with E-state index >= 15 is 0 Å². The van der Waals surface area contributed by atoms with E-state index in [9.17, 15) is 19.5 Å². The Kier molecular flexibility index (Phi) is 10.2. The van der Waals surface area contributed by atoms with E-state index in [1.807, 2.05) is 68.4 Å². The highest BCUT2D eigenvalue weighted by molar-refractivity contribution is 7.80. The van der Waals surface area contributed by atoms with E-state index in [0.717, 1.165) is 27.8 Å². The van der Waals surface area contributed by atoms with Crippen molar-refractivity contribution in [2.75, 3.05) is 13.3 Å². The van der Waals surface area contributed by atoms with Crippen LogP contribution in [0.5, 0.6) is 0 Å². The van der Waals surface area contributed by atoms with E-state index in [2.05, 4.69) is 34.9 Å². The predicted molar refractivity (Wildman–Crippen MR) is 162 cm³/mol. The second kappa shape index (κ2) is 14.0. The molecule has 2 atom stereocenters. The van der Waals surface area contributed by atoms with E-state index in [1.165, 1.54) is 0 Å². The maximum Gasteiger partial charge on any atom is 0.313 e. The molecule has 4 rings (SSSR count). The third-order valence-corrected chi connectivity index (χ3v) is 7.76. The smallest absolute Gasteiger partial charge is 0.313 e. The molecule has 3 aromatic carbocycles. The molecule has 0 bridgehead atoms. The fraction of sp³-hybridized carbons (Fsp3) is 0.333. The van der Waals surface area contributed by atoms with Gasteiger partial charge in [0, 0.05) is 5.92 Å². The summed E-state index contributed by atoms with van der Waals surface area (Å²) in [4.78, 5) is 38.1. The summed E-state index contributed by atoms with van der Waals surface area (Å²) >= 11 is 5.29. The molecule has 1 amide bonds. The number of carbonyl (C=O) groups is 3. The Bertz CT molecular complexity index is 1350. The minimum absolute atomic E-state index is 0.0322. The van der Waals surface area contributed by atoms with E-state index in [4.69, 9.17) is 17.0 Å². The van der Waals surface area contributed by atoms with Crippen molar-refractivity contribution in [3.8, 4) is 11.1 Å². The zero-order valence-corrected chi connectivity index (χ0v) is 24.2. The monoisotopic (exact) mass is 572 g/mol. The molecule has 3 aromatic rings. The van der Waals surface area contributed by atoms with Crippen LogP contribution in [0, 0.1) is 17.8 Å². The number of amides is 1. The maximum absolute atomic E-state index is 13.2. The number of thiocarbonyl (C=S) groups is 1. The van der Waals surface area contributed by atoms with Crippen LogP contribution in [0.2, 0.25) is 0 Å². The van der Waals surface area contributed by atoms with Crippen LogP contribution in [0.25, 0.3) is 11.1 Å². The first kappa shape index (κ1) is 29.9. The average molecular weight is 573 g/mol. The van der Waals surface area contributed by atoms with Gasteiger partial charge >= 0.3 is 11.9 Å². The number of carboxylic acid groups (broad SMARTS) is 1. The van der Waals surface area contributed by atoms with Crippen LogP contribution in [-0.2, 0) is 25.5 Å². The molecule has 0 radical (unpaired) electrons. The van der Waals surface area contributed by atoms with Crippen molar-refractivity contribution < 1.29 is 24.2 Å². The third kappa shape index (κ3) is 7.79. The normalized spacial score (nSPS) is 13.5. The summed E-state index contributed by atoms with van der Waals surface area (Å²) in [6.45, 7) is 4.01. The zero-order chi connectivity index (χ0) is 29.4.